The van der Waals surface area contributed by atoms with Crippen LogP contribution in [0.3, 0.4) is 0 Å². The van der Waals surface area contributed by atoms with Crippen molar-refractivity contribution in [3.05, 3.63) is 41.7 Å². The number of hydrogen-bond donors (Lipinski definition) is 0. The van der Waals surface area contributed by atoms with Crippen LogP contribution >= 0.6 is 11.6 Å². The highest BCUT2D eigenvalue weighted by Gasteiger charge is 2.17. The standard InChI is InChI=1S/C13H18ClN3/c1-12(14)10-16-6-8-17(9-7-16)11-13-4-2-3-5-15-13/h2-5H,1,6-11H2. The second kappa shape index (κ2) is 6.15. The Balaban J connectivity index is 1.78. The van der Waals surface area contributed by atoms with Gasteiger partial charge in [0.25, 0.3) is 0 Å². The lowest BCUT2D eigenvalue weighted by Crippen LogP contribution is -2.46. The molecule has 0 aromatic carbocycles. The molecular formula is C13H18ClN3. The Kier molecular flexibility index (Phi) is 4.54. The molecule has 1 aromatic rings. The average molecular weight is 252 g/mol. The summed E-state index contributed by atoms with van der Waals surface area (Å²) in [6.45, 7) is 9.73. The van der Waals surface area contributed by atoms with Crippen LogP contribution in [-0.2, 0) is 6.54 Å². The Labute approximate surface area is 108 Å². The summed E-state index contributed by atoms with van der Waals surface area (Å²) in [4.78, 5) is 9.11. The molecule has 2 rings (SSSR count). The molecule has 1 aliphatic heterocycles. The molecule has 1 saturated heterocycles. The van der Waals surface area contributed by atoms with Gasteiger partial charge in [0.15, 0.2) is 0 Å². The van der Waals surface area contributed by atoms with Crippen LogP contribution in [0.15, 0.2) is 36.0 Å². The fourth-order valence-electron chi connectivity index (χ4n) is 2.07. The normalized spacial score (nSPS) is 18.2. The fourth-order valence-corrected chi connectivity index (χ4v) is 2.24. The van der Waals surface area contributed by atoms with Gasteiger partial charge in [-0.25, -0.2) is 0 Å². The molecule has 0 N–H and O–H groups in total. The van der Waals surface area contributed by atoms with Gasteiger partial charge in [0.2, 0.25) is 0 Å². The second-order valence-electron chi connectivity index (χ2n) is 4.39. The van der Waals surface area contributed by atoms with E-state index in [-0.39, 0.29) is 0 Å². The number of rotatable bonds is 4. The number of piperazine rings is 1. The van der Waals surface area contributed by atoms with Crippen LogP contribution in [0.1, 0.15) is 5.69 Å². The predicted octanol–water partition coefficient (Wildman–Crippen LogP) is 1.95. The summed E-state index contributed by atoms with van der Waals surface area (Å²) < 4.78 is 0. The quantitative estimate of drug-likeness (QED) is 0.816. The van der Waals surface area contributed by atoms with E-state index < -0.39 is 0 Å². The highest BCUT2D eigenvalue weighted by atomic mass is 35.5. The van der Waals surface area contributed by atoms with E-state index in [4.69, 9.17) is 11.6 Å². The maximum atomic E-state index is 5.82. The van der Waals surface area contributed by atoms with Crippen molar-refractivity contribution in [2.75, 3.05) is 32.7 Å². The molecule has 1 aliphatic rings. The second-order valence-corrected chi connectivity index (χ2v) is 4.93. The summed E-state index contributed by atoms with van der Waals surface area (Å²) in [7, 11) is 0. The summed E-state index contributed by atoms with van der Waals surface area (Å²) in [5, 5.41) is 0.725. The Morgan fingerprint density at radius 3 is 2.53 bits per heavy atom. The number of hydrogen-bond acceptors (Lipinski definition) is 3. The molecule has 0 bridgehead atoms. The molecule has 0 saturated carbocycles. The maximum absolute atomic E-state index is 5.82. The summed E-state index contributed by atoms with van der Waals surface area (Å²) in [5.74, 6) is 0. The van der Waals surface area contributed by atoms with Gasteiger partial charge in [-0.15, -0.1) is 0 Å². The van der Waals surface area contributed by atoms with Crippen LogP contribution < -0.4 is 0 Å². The first kappa shape index (κ1) is 12.6. The SMILES string of the molecule is C=C(Cl)CN1CCN(Cc2ccccn2)CC1. The molecule has 4 heteroatoms. The lowest BCUT2D eigenvalue weighted by atomic mass is 10.2. The van der Waals surface area contributed by atoms with E-state index in [0.717, 1.165) is 50.0 Å². The van der Waals surface area contributed by atoms with Crippen molar-refractivity contribution in [3.63, 3.8) is 0 Å². The van der Waals surface area contributed by atoms with Crippen molar-refractivity contribution in [1.29, 1.82) is 0 Å². The molecule has 92 valence electrons. The summed E-state index contributed by atoms with van der Waals surface area (Å²) in [5.41, 5.74) is 1.14. The van der Waals surface area contributed by atoms with Crippen LogP contribution in [-0.4, -0.2) is 47.5 Å². The van der Waals surface area contributed by atoms with Gasteiger partial charge >= 0.3 is 0 Å². The molecule has 3 nitrogen and oxygen atoms in total. The monoisotopic (exact) mass is 251 g/mol. The first-order valence-corrected chi connectivity index (χ1v) is 6.30. The van der Waals surface area contributed by atoms with Crippen LogP contribution in [0.2, 0.25) is 0 Å². The largest absolute Gasteiger partial charge is 0.296 e. The zero-order chi connectivity index (χ0) is 12.1. The number of pyridine rings is 1. The van der Waals surface area contributed by atoms with Gasteiger partial charge in [0, 0.05) is 50.5 Å². The van der Waals surface area contributed by atoms with E-state index in [9.17, 15) is 0 Å². The van der Waals surface area contributed by atoms with Gasteiger partial charge in [-0.05, 0) is 12.1 Å². The van der Waals surface area contributed by atoms with Gasteiger partial charge in [0.05, 0.1) is 5.69 Å². The topological polar surface area (TPSA) is 19.4 Å². The van der Waals surface area contributed by atoms with E-state index in [2.05, 4.69) is 27.4 Å². The lowest BCUT2D eigenvalue weighted by Gasteiger charge is -2.34. The first-order valence-electron chi connectivity index (χ1n) is 5.92. The lowest BCUT2D eigenvalue weighted by molar-refractivity contribution is 0.135. The smallest absolute Gasteiger partial charge is 0.0543 e. The Morgan fingerprint density at radius 2 is 1.94 bits per heavy atom. The van der Waals surface area contributed by atoms with Crippen LogP contribution in [0.25, 0.3) is 0 Å². The van der Waals surface area contributed by atoms with Crippen LogP contribution in [0.5, 0.6) is 0 Å². The van der Waals surface area contributed by atoms with Crippen molar-refractivity contribution in [3.8, 4) is 0 Å². The predicted molar refractivity (Wildman–Crippen MR) is 70.9 cm³/mol. The van der Waals surface area contributed by atoms with Crippen molar-refractivity contribution in [1.82, 2.24) is 14.8 Å². The highest BCUT2D eigenvalue weighted by molar-refractivity contribution is 6.29. The molecule has 0 spiro atoms. The van der Waals surface area contributed by atoms with E-state index in [1.54, 1.807) is 0 Å². The van der Waals surface area contributed by atoms with E-state index >= 15 is 0 Å². The molecule has 1 fully saturated rings. The van der Waals surface area contributed by atoms with Gasteiger partial charge in [0.1, 0.15) is 0 Å². The fraction of sp³-hybridized carbons (Fsp3) is 0.462. The number of aromatic nitrogens is 1. The first-order chi connectivity index (χ1) is 8.24. The molecule has 17 heavy (non-hydrogen) atoms. The summed E-state index contributed by atoms with van der Waals surface area (Å²) >= 11 is 5.82. The van der Waals surface area contributed by atoms with Crippen LogP contribution in [0.4, 0.5) is 0 Å². The van der Waals surface area contributed by atoms with Crippen molar-refractivity contribution < 1.29 is 0 Å². The van der Waals surface area contributed by atoms with Gasteiger partial charge in [-0.2, -0.15) is 0 Å². The van der Waals surface area contributed by atoms with Gasteiger partial charge in [-0.1, -0.05) is 24.2 Å². The summed E-state index contributed by atoms with van der Waals surface area (Å²) in [6, 6.07) is 6.07. The zero-order valence-corrected chi connectivity index (χ0v) is 10.7. The molecule has 0 amide bonds. The third kappa shape index (κ3) is 4.11. The molecule has 0 atom stereocenters. The van der Waals surface area contributed by atoms with Crippen molar-refractivity contribution >= 4 is 11.6 Å². The van der Waals surface area contributed by atoms with Crippen molar-refractivity contribution in [2.24, 2.45) is 0 Å². The summed E-state index contributed by atoms with van der Waals surface area (Å²) in [6.07, 6.45) is 1.85. The Hall–Kier alpha value is -0.900. The average Bonchev–Trinajstić information content (AvgIpc) is 2.32. The number of nitrogens with zero attached hydrogens (tertiary/aromatic N) is 3. The molecular weight excluding hydrogens is 234 g/mol. The molecule has 1 aromatic heterocycles. The third-order valence-corrected chi connectivity index (χ3v) is 3.09. The third-order valence-electron chi connectivity index (χ3n) is 2.97. The van der Waals surface area contributed by atoms with E-state index in [1.807, 2.05) is 18.3 Å². The molecule has 2 heterocycles. The van der Waals surface area contributed by atoms with Gasteiger partial charge in [-0.3, -0.25) is 14.8 Å². The van der Waals surface area contributed by atoms with E-state index in [1.165, 1.54) is 0 Å². The van der Waals surface area contributed by atoms with Crippen molar-refractivity contribution in [2.45, 2.75) is 6.54 Å². The zero-order valence-electron chi connectivity index (χ0n) is 9.98. The maximum Gasteiger partial charge on any atom is 0.0543 e. The Bertz CT molecular complexity index is 358. The van der Waals surface area contributed by atoms with Crippen LogP contribution in [0, 0.1) is 0 Å². The minimum atomic E-state index is 0.725. The Morgan fingerprint density at radius 1 is 1.24 bits per heavy atom. The number of halogens is 1. The van der Waals surface area contributed by atoms with Gasteiger partial charge < -0.3 is 0 Å². The minimum Gasteiger partial charge on any atom is -0.296 e. The minimum absolute atomic E-state index is 0.725. The molecule has 0 aliphatic carbocycles. The molecule has 0 radical (unpaired) electrons. The van der Waals surface area contributed by atoms with E-state index in [0.29, 0.717) is 0 Å². The molecule has 0 unspecified atom stereocenters. The highest BCUT2D eigenvalue weighted by Crippen LogP contribution is 2.09.